The molecule has 0 aliphatic carbocycles. The number of thiophene rings is 1. The largest absolute Gasteiger partial charge is 0.327 e. The van der Waals surface area contributed by atoms with E-state index in [4.69, 9.17) is 5.73 Å². The van der Waals surface area contributed by atoms with Crippen molar-refractivity contribution in [3.63, 3.8) is 0 Å². The number of nitrogens with two attached hydrogens (primary N) is 1. The Morgan fingerprint density at radius 1 is 1.12 bits per heavy atom. The molecule has 0 aliphatic heterocycles. The Morgan fingerprint density at radius 3 is 2.41 bits per heavy atom. The van der Waals surface area contributed by atoms with Crippen LogP contribution in [0.1, 0.15) is 21.6 Å². The second kappa shape index (κ2) is 5.48. The summed E-state index contributed by atoms with van der Waals surface area (Å²) in [5, 5.41) is 2.11. The van der Waals surface area contributed by atoms with Gasteiger partial charge in [-0.2, -0.15) is 0 Å². The second-order valence-corrected chi connectivity index (χ2v) is 5.78. The van der Waals surface area contributed by atoms with Gasteiger partial charge in [-0.25, -0.2) is 0 Å². The molecular formula is C15H19NS. The molecule has 2 rings (SSSR count). The maximum atomic E-state index is 6.20. The first-order valence-corrected chi connectivity index (χ1v) is 6.86. The summed E-state index contributed by atoms with van der Waals surface area (Å²) in [5.74, 6) is 0. The SMILES string of the molecule is Cc1cc(C)cc(CC(N)Cc2cccs2)c1. The van der Waals surface area contributed by atoms with Gasteiger partial charge in [-0.3, -0.25) is 0 Å². The standard InChI is InChI=1S/C15H19NS/c1-11-6-12(2)8-13(7-11)9-14(16)10-15-4-3-5-17-15/h3-8,14H,9-10,16H2,1-2H3. The Labute approximate surface area is 107 Å². The van der Waals surface area contributed by atoms with Crippen LogP contribution < -0.4 is 5.73 Å². The minimum atomic E-state index is 0.217. The molecule has 1 nitrogen and oxygen atoms in total. The Bertz CT molecular complexity index is 453. The Morgan fingerprint density at radius 2 is 1.82 bits per heavy atom. The fourth-order valence-corrected chi connectivity index (χ4v) is 3.05. The van der Waals surface area contributed by atoms with Crippen LogP contribution in [0.5, 0.6) is 0 Å². The van der Waals surface area contributed by atoms with Crippen molar-refractivity contribution >= 4 is 11.3 Å². The van der Waals surface area contributed by atoms with Crippen LogP contribution in [0.15, 0.2) is 35.7 Å². The molecule has 2 heteroatoms. The van der Waals surface area contributed by atoms with E-state index in [1.54, 1.807) is 11.3 Å². The van der Waals surface area contributed by atoms with E-state index in [-0.39, 0.29) is 6.04 Å². The van der Waals surface area contributed by atoms with E-state index >= 15 is 0 Å². The second-order valence-electron chi connectivity index (χ2n) is 4.74. The number of hydrogen-bond donors (Lipinski definition) is 1. The first kappa shape index (κ1) is 12.3. The minimum Gasteiger partial charge on any atom is -0.327 e. The van der Waals surface area contributed by atoms with E-state index < -0.39 is 0 Å². The quantitative estimate of drug-likeness (QED) is 0.877. The topological polar surface area (TPSA) is 26.0 Å². The first-order chi connectivity index (χ1) is 8.13. The Balaban J connectivity index is 2.00. The Kier molecular flexibility index (Phi) is 3.97. The third-order valence-corrected chi connectivity index (χ3v) is 3.72. The summed E-state index contributed by atoms with van der Waals surface area (Å²) in [6.45, 7) is 4.28. The number of benzene rings is 1. The van der Waals surface area contributed by atoms with Crippen molar-refractivity contribution in [2.75, 3.05) is 0 Å². The molecule has 2 N–H and O–H groups in total. The fraction of sp³-hybridized carbons (Fsp3) is 0.333. The molecule has 0 fully saturated rings. The lowest BCUT2D eigenvalue weighted by molar-refractivity contribution is 0.670. The average Bonchev–Trinajstić information content (AvgIpc) is 2.67. The zero-order valence-electron chi connectivity index (χ0n) is 10.4. The summed E-state index contributed by atoms with van der Waals surface area (Å²) in [6.07, 6.45) is 1.94. The van der Waals surface area contributed by atoms with Crippen LogP contribution in [0.3, 0.4) is 0 Å². The van der Waals surface area contributed by atoms with Crippen LogP contribution in [0, 0.1) is 13.8 Å². The normalized spacial score (nSPS) is 12.6. The summed E-state index contributed by atoms with van der Waals surface area (Å²) < 4.78 is 0. The van der Waals surface area contributed by atoms with Crippen molar-refractivity contribution in [2.45, 2.75) is 32.7 Å². The maximum absolute atomic E-state index is 6.20. The molecule has 0 amide bonds. The van der Waals surface area contributed by atoms with E-state index in [1.807, 2.05) is 0 Å². The smallest absolute Gasteiger partial charge is 0.0128 e. The van der Waals surface area contributed by atoms with E-state index in [9.17, 15) is 0 Å². The predicted octanol–water partition coefficient (Wildman–Crippen LogP) is 3.48. The summed E-state index contributed by atoms with van der Waals surface area (Å²) in [7, 11) is 0. The van der Waals surface area contributed by atoms with E-state index in [2.05, 4.69) is 49.6 Å². The molecule has 0 spiro atoms. The zero-order valence-corrected chi connectivity index (χ0v) is 11.3. The van der Waals surface area contributed by atoms with Crippen molar-refractivity contribution in [3.05, 3.63) is 57.3 Å². The summed E-state index contributed by atoms with van der Waals surface area (Å²) in [5.41, 5.74) is 10.2. The van der Waals surface area contributed by atoms with Gasteiger partial charge in [0.25, 0.3) is 0 Å². The molecule has 0 saturated heterocycles. The molecule has 1 aromatic heterocycles. The van der Waals surface area contributed by atoms with Crippen molar-refractivity contribution in [1.29, 1.82) is 0 Å². The number of rotatable bonds is 4. The van der Waals surface area contributed by atoms with Crippen LogP contribution >= 0.6 is 11.3 Å². The minimum absolute atomic E-state index is 0.217. The van der Waals surface area contributed by atoms with Crippen molar-refractivity contribution in [2.24, 2.45) is 5.73 Å². The third kappa shape index (κ3) is 3.69. The van der Waals surface area contributed by atoms with Crippen molar-refractivity contribution < 1.29 is 0 Å². The van der Waals surface area contributed by atoms with Gasteiger partial charge in [0.2, 0.25) is 0 Å². The number of hydrogen-bond acceptors (Lipinski definition) is 2. The van der Waals surface area contributed by atoms with Gasteiger partial charge in [0.05, 0.1) is 0 Å². The van der Waals surface area contributed by atoms with Gasteiger partial charge in [-0.05, 0) is 43.7 Å². The molecule has 1 aromatic carbocycles. The van der Waals surface area contributed by atoms with Crippen molar-refractivity contribution in [3.8, 4) is 0 Å². The molecule has 1 heterocycles. The van der Waals surface area contributed by atoms with Gasteiger partial charge in [0, 0.05) is 10.9 Å². The van der Waals surface area contributed by atoms with Gasteiger partial charge in [0.15, 0.2) is 0 Å². The van der Waals surface area contributed by atoms with E-state index in [0.717, 1.165) is 12.8 Å². The molecule has 0 bridgehead atoms. The fourth-order valence-electron chi connectivity index (χ4n) is 2.25. The van der Waals surface area contributed by atoms with Crippen LogP contribution in [-0.4, -0.2) is 6.04 Å². The summed E-state index contributed by atoms with van der Waals surface area (Å²) in [4.78, 5) is 1.38. The molecule has 0 aliphatic rings. The number of aryl methyl sites for hydroxylation is 2. The lowest BCUT2D eigenvalue weighted by Crippen LogP contribution is -2.25. The lowest BCUT2D eigenvalue weighted by atomic mass is 10.00. The highest BCUT2D eigenvalue weighted by atomic mass is 32.1. The molecule has 0 saturated carbocycles. The predicted molar refractivity (Wildman–Crippen MR) is 75.6 cm³/mol. The van der Waals surface area contributed by atoms with Gasteiger partial charge < -0.3 is 5.73 Å². The summed E-state index contributed by atoms with van der Waals surface area (Å²) >= 11 is 1.79. The lowest BCUT2D eigenvalue weighted by Gasteiger charge is -2.11. The molecule has 90 valence electrons. The van der Waals surface area contributed by atoms with Crippen LogP contribution in [0.25, 0.3) is 0 Å². The van der Waals surface area contributed by atoms with E-state index in [0.29, 0.717) is 0 Å². The average molecular weight is 245 g/mol. The summed E-state index contributed by atoms with van der Waals surface area (Å²) in [6, 6.07) is 11.1. The van der Waals surface area contributed by atoms with Crippen LogP contribution in [-0.2, 0) is 12.8 Å². The van der Waals surface area contributed by atoms with Crippen molar-refractivity contribution in [1.82, 2.24) is 0 Å². The highest BCUT2D eigenvalue weighted by molar-refractivity contribution is 7.09. The maximum Gasteiger partial charge on any atom is 0.0128 e. The molecular weight excluding hydrogens is 226 g/mol. The highest BCUT2D eigenvalue weighted by Crippen LogP contribution is 2.14. The molecule has 1 unspecified atom stereocenters. The van der Waals surface area contributed by atoms with Gasteiger partial charge >= 0.3 is 0 Å². The molecule has 0 radical (unpaired) electrons. The van der Waals surface area contributed by atoms with Crippen LogP contribution in [0.4, 0.5) is 0 Å². The van der Waals surface area contributed by atoms with Crippen LogP contribution in [0.2, 0.25) is 0 Å². The van der Waals surface area contributed by atoms with Gasteiger partial charge in [0.1, 0.15) is 0 Å². The van der Waals surface area contributed by atoms with Gasteiger partial charge in [-0.1, -0.05) is 35.4 Å². The Hall–Kier alpha value is -1.12. The molecule has 2 aromatic rings. The van der Waals surface area contributed by atoms with E-state index in [1.165, 1.54) is 21.6 Å². The molecule has 17 heavy (non-hydrogen) atoms. The first-order valence-electron chi connectivity index (χ1n) is 5.98. The molecule has 1 atom stereocenters. The third-order valence-electron chi connectivity index (χ3n) is 2.82. The van der Waals surface area contributed by atoms with Gasteiger partial charge in [-0.15, -0.1) is 11.3 Å². The highest BCUT2D eigenvalue weighted by Gasteiger charge is 2.07. The zero-order chi connectivity index (χ0) is 12.3. The monoisotopic (exact) mass is 245 g/mol.